The van der Waals surface area contributed by atoms with Crippen molar-refractivity contribution in [2.75, 3.05) is 5.43 Å². The minimum atomic E-state index is 0.507. The predicted octanol–water partition coefficient (Wildman–Crippen LogP) is 2.23. The van der Waals surface area contributed by atoms with Gasteiger partial charge in [0.15, 0.2) is 0 Å². The van der Waals surface area contributed by atoms with Crippen molar-refractivity contribution in [2.45, 2.75) is 6.92 Å². The van der Waals surface area contributed by atoms with Crippen LogP contribution in [0.25, 0.3) is 0 Å². The molecule has 0 saturated heterocycles. The van der Waals surface area contributed by atoms with Gasteiger partial charge in [-0.15, -0.1) is 0 Å². The van der Waals surface area contributed by atoms with Crippen LogP contribution in [0.5, 0.6) is 0 Å². The van der Waals surface area contributed by atoms with E-state index in [2.05, 4.69) is 20.5 Å². The maximum atomic E-state index is 4.17. The lowest BCUT2D eigenvalue weighted by Gasteiger charge is -1.98. The Labute approximate surface area is 94.1 Å². The Morgan fingerprint density at radius 2 is 2.00 bits per heavy atom. The van der Waals surface area contributed by atoms with E-state index in [1.807, 2.05) is 43.3 Å². The van der Waals surface area contributed by atoms with Gasteiger partial charge >= 0.3 is 0 Å². The van der Waals surface area contributed by atoms with Crippen molar-refractivity contribution in [3.05, 3.63) is 53.9 Å². The first kappa shape index (κ1) is 10.3. The zero-order valence-corrected chi connectivity index (χ0v) is 8.96. The second kappa shape index (κ2) is 5.02. The molecule has 16 heavy (non-hydrogen) atoms. The number of aromatic nitrogens is 2. The first-order valence-electron chi connectivity index (χ1n) is 4.98. The van der Waals surface area contributed by atoms with Crippen LogP contribution in [0.2, 0.25) is 0 Å². The van der Waals surface area contributed by atoms with Crippen LogP contribution in [-0.4, -0.2) is 16.2 Å². The summed E-state index contributed by atoms with van der Waals surface area (Å²) >= 11 is 0. The average molecular weight is 212 g/mol. The molecule has 80 valence electrons. The fourth-order valence-corrected chi connectivity index (χ4v) is 1.21. The van der Waals surface area contributed by atoms with Gasteiger partial charge in [-0.25, -0.2) is 15.4 Å². The molecule has 0 fully saturated rings. The Bertz CT molecular complexity index is 479. The number of rotatable bonds is 3. The van der Waals surface area contributed by atoms with E-state index < -0.39 is 0 Å². The number of anilines is 1. The van der Waals surface area contributed by atoms with Crippen LogP contribution in [0.4, 0.5) is 5.95 Å². The molecular formula is C12H12N4. The highest BCUT2D eigenvalue weighted by molar-refractivity contribution is 5.79. The summed E-state index contributed by atoms with van der Waals surface area (Å²) in [5, 5.41) is 4.05. The summed E-state index contributed by atoms with van der Waals surface area (Å²) in [5.41, 5.74) is 4.72. The number of hydrazone groups is 1. The van der Waals surface area contributed by atoms with Gasteiger partial charge in [-0.2, -0.15) is 5.10 Å². The smallest absolute Gasteiger partial charge is 0.243 e. The number of hydrogen-bond acceptors (Lipinski definition) is 4. The topological polar surface area (TPSA) is 50.2 Å². The molecule has 0 saturated carbocycles. The molecule has 0 spiro atoms. The lowest BCUT2D eigenvalue weighted by Crippen LogP contribution is -1.97. The number of nitrogens with one attached hydrogen (secondary N) is 1. The average Bonchev–Trinajstić information content (AvgIpc) is 2.30. The third kappa shape index (κ3) is 2.88. The molecule has 0 aliphatic carbocycles. The highest BCUT2D eigenvalue weighted by atomic mass is 15.3. The van der Waals surface area contributed by atoms with E-state index in [9.17, 15) is 0 Å². The molecule has 1 aromatic heterocycles. The normalized spacial score (nSPS) is 10.6. The van der Waals surface area contributed by atoms with E-state index in [-0.39, 0.29) is 0 Å². The van der Waals surface area contributed by atoms with Gasteiger partial charge in [-0.3, -0.25) is 0 Å². The Kier molecular flexibility index (Phi) is 3.23. The van der Waals surface area contributed by atoms with E-state index >= 15 is 0 Å². The Morgan fingerprint density at radius 1 is 1.19 bits per heavy atom. The Hall–Kier alpha value is -2.23. The molecular weight excluding hydrogens is 200 g/mol. The van der Waals surface area contributed by atoms with Gasteiger partial charge in [0.1, 0.15) is 0 Å². The van der Waals surface area contributed by atoms with Crippen molar-refractivity contribution >= 4 is 12.2 Å². The second-order valence-corrected chi connectivity index (χ2v) is 3.30. The van der Waals surface area contributed by atoms with Gasteiger partial charge in [0.25, 0.3) is 0 Å². The minimum absolute atomic E-state index is 0.507. The third-order valence-corrected chi connectivity index (χ3v) is 1.97. The molecule has 0 aliphatic heterocycles. The van der Waals surface area contributed by atoms with Gasteiger partial charge in [-0.05, 0) is 18.6 Å². The SMILES string of the molecule is Cc1ccnc(N/N=C/c2ccccc2)n1. The van der Waals surface area contributed by atoms with E-state index in [1.54, 1.807) is 12.4 Å². The summed E-state index contributed by atoms with van der Waals surface area (Å²) in [6, 6.07) is 11.7. The first-order valence-corrected chi connectivity index (χ1v) is 4.98. The molecule has 0 bridgehead atoms. The summed E-state index contributed by atoms with van der Waals surface area (Å²) in [6.45, 7) is 1.91. The maximum Gasteiger partial charge on any atom is 0.243 e. The Balaban J connectivity index is 2.00. The van der Waals surface area contributed by atoms with Gasteiger partial charge in [0.05, 0.1) is 6.21 Å². The molecule has 0 unspecified atom stereocenters. The summed E-state index contributed by atoms with van der Waals surface area (Å²) in [7, 11) is 0. The number of aryl methyl sites for hydroxylation is 1. The molecule has 0 amide bonds. The molecule has 2 rings (SSSR count). The molecule has 0 radical (unpaired) electrons. The van der Waals surface area contributed by atoms with Crippen molar-refractivity contribution in [1.82, 2.24) is 9.97 Å². The van der Waals surface area contributed by atoms with Gasteiger partial charge in [-0.1, -0.05) is 30.3 Å². The largest absolute Gasteiger partial charge is 0.245 e. The standard InChI is InChI=1S/C12H12N4/c1-10-7-8-13-12(15-10)16-14-9-11-5-3-2-4-6-11/h2-9H,1H3,(H,13,15,16)/b14-9+. The number of hydrogen-bond donors (Lipinski definition) is 1. The molecule has 1 heterocycles. The molecule has 1 N–H and O–H groups in total. The lowest BCUT2D eigenvalue weighted by atomic mass is 10.2. The molecule has 0 aliphatic rings. The fourth-order valence-electron chi connectivity index (χ4n) is 1.21. The van der Waals surface area contributed by atoms with E-state index in [4.69, 9.17) is 0 Å². The van der Waals surface area contributed by atoms with Crippen molar-refractivity contribution in [2.24, 2.45) is 5.10 Å². The van der Waals surface area contributed by atoms with Crippen LogP contribution in [0.1, 0.15) is 11.3 Å². The van der Waals surface area contributed by atoms with Crippen molar-refractivity contribution in [3.63, 3.8) is 0 Å². The second-order valence-electron chi connectivity index (χ2n) is 3.30. The van der Waals surface area contributed by atoms with E-state index in [0.717, 1.165) is 11.3 Å². The Morgan fingerprint density at radius 3 is 2.75 bits per heavy atom. The van der Waals surface area contributed by atoms with Gasteiger partial charge < -0.3 is 0 Å². The maximum absolute atomic E-state index is 4.17. The van der Waals surface area contributed by atoms with Gasteiger partial charge in [0, 0.05) is 11.9 Å². The van der Waals surface area contributed by atoms with E-state index in [0.29, 0.717) is 5.95 Å². The summed E-state index contributed by atoms with van der Waals surface area (Å²) < 4.78 is 0. The molecule has 4 nitrogen and oxygen atoms in total. The summed E-state index contributed by atoms with van der Waals surface area (Å²) in [5.74, 6) is 0.507. The monoisotopic (exact) mass is 212 g/mol. The first-order chi connectivity index (χ1) is 7.84. The van der Waals surface area contributed by atoms with E-state index in [1.165, 1.54) is 0 Å². The van der Waals surface area contributed by atoms with Crippen LogP contribution >= 0.6 is 0 Å². The quantitative estimate of drug-likeness (QED) is 0.627. The van der Waals surface area contributed by atoms with Crippen molar-refractivity contribution in [3.8, 4) is 0 Å². The van der Waals surface area contributed by atoms with Crippen molar-refractivity contribution in [1.29, 1.82) is 0 Å². The minimum Gasteiger partial charge on any atom is -0.245 e. The zero-order valence-electron chi connectivity index (χ0n) is 8.96. The number of nitrogens with zero attached hydrogens (tertiary/aromatic N) is 3. The third-order valence-electron chi connectivity index (χ3n) is 1.97. The van der Waals surface area contributed by atoms with Crippen molar-refractivity contribution < 1.29 is 0 Å². The van der Waals surface area contributed by atoms with Crippen LogP contribution in [-0.2, 0) is 0 Å². The molecule has 4 heteroatoms. The van der Waals surface area contributed by atoms with Crippen LogP contribution in [0.15, 0.2) is 47.7 Å². The van der Waals surface area contributed by atoms with Crippen LogP contribution in [0, 0.1) is 6.92 Å². The fraction of sp³-hybridized carbons (Fsp3) is 0.0833. The highest BCUT2D eigenvalue weighted by Gasteiger charge is 1.92. The lowest BCUT2D eigenvalue weighted by molar-refractivity contribution is 1.07. The zero-order chi connectivity index (χ0) is 11.2. The van der Waals surface area contributed by atoms with Crippen LogP contribution < -0.4 is 5.43 Å². The van der Waals surface area contributed by atoms with Crippen LogP contribution in [0.3, 0.4) is 0 Å². The summed E-state index contributed by atoms with van der Waals surface area (Å²) in [6.07, 6.45) is 3.42. The molecule has 0 atom stereocenters. The highest BCUT2D eigenvalue weighted by Crippen LogP contribution is 1.99. The number of benzene rings is 1. The molecule has 1 aromatic carbocycles. The summed E-state index contributed by atoms with van der Waals surface area (Å²) in [4.78, 5) is 8.20. The van der Waals surface area contributed by atoms with Gasteiger partial charge in [0.2, 0.25) is 5.95 Å². The predicted molar refractivity (Wildman–Crippen MR) is 64.4 cm³/mol. The molecule has 2 aromatic rings.